The minimum atomic E-state index is -0.0391. The van der Waals surface area contributed by atoms with Crippen LogP contribution in [0.5, 0.6) is 0 Å². The summed E-state index contributed by atoms with van der Waals surface area (Å²) in [7, 11) is 1.76. The third-order valence-electron chi connectivity index (χ3n) is 3.00. The molecule has 84 valence electrons. The van der Waals surface area contributed by atoms with E-state index in [0.717, 1.165) is 25.6 Å². The number of methoxy groups -OCH3 is 1. The summed E-state index contributed by atoms with van der Waals surface area (Å²) in [5, 5.41) is 8.93. The first-order valence-corrected chi connectivity index (χ1v) is 5.49. The summed E-state index contributed by atoms with van der Waals surface area (Å²) in [5.74, 6) is 0. The number of nitrogens with zero attached hydrogens (tertiary/aromatic N) is 1. The second-order valence-corrected chi connectivity index (χ2v) is 4.70. The molecule has 0 atom stereocenters. The lowest BCUT2D eigenvalue weighted by Gasteiger charge is -2.28. The third kappa shape index (κ3) is 3.95. The Morgan fingerprint density at radius 3 is 2.43 bits per heavy atom. The predicted molar refractivity (Wildman–Crippen MR) is 57.4 cm³/mol. The van der Waals surface area contributed by atoms with Gasteiger partial charge in [-0.05, 0) is 33.1 Å². The zero-order valence-corrected chi connectivity index (χ0v) is 9.62. The van der Waals surface area contributed by atoms with Crippen LogP contribution in [0.4, 0.5) is 0 Å². The summed E-state index contributed by atoms with van der Waals surface area (Å²) in [4.78, 5) is 2.38. The monoisotopic (exact) mass is 201 g/mol. The third-order valence-corrected chi connectivity index (χ3v) is 3.00. The summed E-state index contributed by atoms with van der Waals surface area (Å²) < 4.78 is 5.38. The summed E-state index contributed by atoms with van der Waals surface area (Å²) in [6.07, 6.45) is 3.63. The standard InChI is InChI=1S/C11H23NO2/c1-11(2,14-3)6-7-12(8-9-13)10-4-5-10/h10,13H,4-9H2,1-3H3. The summed E-state index contributed by atoms with van der Waals surface area (Å²) in [6.45, 7) is 6.33. The highest BCUT2D eigenvalue weighted by molar-refractivity contribution is 4.85. The molecule has 0 unspecified atom stereocenters. The maximum Gasteiger partial charge on any atom is 0.0634 e. The molecule has 3 heteroatoms. The van der Waals surface area contributed by atoms with Crippen molar-refractivity contribution in [1.82, 2.24) is 4.90 Å². The Balaban J connectivity index is 2.25. The van der Waals surface area contributed by atoms with Gasteiger partial charge in [0.1, 0.15) is 0 Å². The van der Waals surface area contributed by atoms with Crippen LogP contribution >= 0.6 is 0 Å². The normalized spacial score (nSPS) is 17.8. The van der Waals surface area contributed by atoms with Crippen molar-refractivity contribution in [2.24, 2.45) is 0 Å². The fourth-order valence-corrected chi connectivity index (χ4v) is 1.56. The average molecular weight is 201 g/mol. The van der Waals surface area contributed by atoms with Gasteiger partial charge in [-0.15, -0.1) is 0 Å². The smallest absolute Gasteiger partial charge is 0.0634 e. The molecule has 0 heterocycles. The van der Waals surface area contributed by atoms with Gasteiger partial charge in [-0.3, -0.25) is 4.90 Å². The van der Waals surface area contributed by atoms with Crippen LogP contribution in [0.1, 0.15) is 33.1 Å². The van der Waals surface area contributed by atoms with E-state index < -0.39 is 0 Å². The van der Waals surface area contributed by atoms with E-state index in [1.54, 1.807) is 7.11 Å². The lowest BCUT2D eigenvalue weighted by molar-refractivity contribution is 0.00562. The van der Waals surface area contributed by atoms with E-state index in [1.165, 1.54) is 12.8 Å². The van der Waals surface area contributed by atoms with Crippen LogP contribution in [0.2, 0.25) is 0 Å². The van der Waals surface area contributed by atoms with Gasteiger partial charge in [0.05, 0.1) is 12.2 Å². The lowest BCUT2D eigenvalue weighted by Crippen LogP contribution is -2.35. The number of rotatable bonds is 7. The Labute approximate surface area is 87.1 Å². The van der Waals surface area contributed by atoms with Gasteiger partial charge in [-0.2, -0.15) is 0 Å². The van der Waals surface area contributed by atoms with Gasteiger partial charge in [0.15, 0.2) is 0 Å². The molecule has 1 N–H and O–H groups in total. The first kappa shape index (κ1) is 12.0. The van der Waals surface area contributed by atoms with Crippen molar-refractivity contribution >= 4 is 0 Å². The van der Waals surface area contributed by atoms with Crippen molar-refractivity contribution in [3.8, 4) is 0 Å². The van der Waals surface area contributed by atoms with Crippen LogP contribution in [0.15, 0.2) is 0 Å². The van der Waals surface area contributed by atoms with Crippen LogP contribution in [-0.4, -0.2) is 48.5 Å². The zero-order chi connectivity index (χ0) is 10.6. The topological polar surface area (TPSA) is 32.7 Å². The van der Waals surface area contributed by atoms with E-state index in [9.17, 15) is 0 Å². The molecule has 0 aliphatic heterocycles. The molecule has 0 saturated heterocycles. The molecule has 0 amide bonds. The van der Waals surface area contributed by atoms with Crippen LogP contribution in [0.3, 0.4) is 0 Å². The molecule has 0 aromatic heterocycles. The van der Waals surface area contributed by atoms with Crippen LogP contribution in [-0.2, 0) is 4.74 Å². The minimum absolute atomic E-state index is 0.0391. The number of hydrogen-bond donors (Lipinski definition) is 1. The van der Waals surface area contributed by atoms with E-state index >= 15 is 0 Å². The van der Waals surface area contributed by atoms with Crippen molar-refractivity contribution in [3.05, 3.63) is 0 Å². The lowest BCUT2D eigenvalue weighted by atomic mass is 10.1. The quantitative estimate of drug-likeness (QED) is 0.673. The Kier molecular flexibility index (Phi) is 4.35. The van der Waals surface area contributed by atoms with Crippen LogP contribution < -0.4 is 0 Å². The van der Waals surface area contributed by atoms with E-state index in [-0.39, 0.29) is 12.2 Å². The molecular weight excluding hydrogens is 178 g/mol. The fourth-order valence-electron chi connectivity index (χ4n) is 1.56. The van der Waals surface area contributed by atoms with E-state index in [0.29, 0.717) is 0 Å². The Bertz CT molecular complexity index is 167. The SMILES string of the molecule is COC(C)(C)CCN(CCO)C1CC1. The minimum Gasteiger partial charge on any atom is -0.395 e. The molecule has 0 aromatic rings. The molecule has 1 aliphatic rings. The molecule has 0 aromatic carbocycles. The first-order chi connectivity index (χ1) is 6.59. The average Bonchev–Trinajstić information content (AvgIpc) is 2.95. The van der Waals surface area contributed by atoms with Crippen molar-refractivity contribution in [2.75, 3.05) is 26.8 Å². The molecular formula is C11H23NO2. The number of hydrogen-bond acceptors (Lipinski definition) is 3. The first-order valence-electron chi connectivity index (χ1n) is 5.49. The maximum absolute atomic E-state index is 8.93. The summed E-state index contributed by atoms with van der Waals surface area (Å²) in [5.41, 5.74) is -0.0391. The fraction of sp³-hybridized carbons (Fsp3) is 1.00. The van der Waals surface area contributed by atoms with Crippen LogP contribution in [0, 0.1) is 0 Å². The largest absolute Gasteiger partial charge is 0.395 e. The van der Waals surface area contributed by atoms with E-state index in [4.69, 9.17) is 9.84 Å². The van der Waals surface area contributed by atoms with Gasteiger partial charge in [0, 0.05) is 26.2 Å². The molecule has 1 rings (SSSR count). The number of ether oxygens (including phenoxy) is 1. The molecule has 0 spiro atoms. The highest BCUT2D eigenvalue weighted by Crippen LogP contribution is 2.27. The Morgan fingerprint density at radius 1 is 1.36 bits per heavy atom. The van der Waals surface area contributed by atoms with Crippen molar-refractivity contribution in [1.29, 1.82) is 0 Å². The van der Waals surface area contributed by atoms with Crippen molar-refractivity contribution in [2.45, 2.75) is 44.8 Å². The van der Waals surface area contributed by atoms with Gasteiger partial charge < -0.3 is 9.84 Å². The van der Waals surface area contributed by atoms with Gasteiger partial charge in [0.2, 0.25) is 0 Å². The van der Waals surface area contributed by atoms with E-state index in [1.807, 2.05) is 0 Å². The van der Waals surface area contributed by atoms with Gasteiger partial charge >= 0.3 is 0 Å². The number of aliphatic hydroxyl groups excluding tert-OH is 1. The summed E-state index contributed by atoms with van der Waals surface area (Å²) >= 11 is 0. The molecule has 0 bridgehead atoms. The highest BCUT2D eigenvalue weighted by Gasteiger charge is 2.29. The molecule has 1 saturated carbocycles. The maximum atomic E-state index is 8.93. The molecule has 1 aliphatic carbocycles. The molecule has 1 fully saturated rings. The Morgan fingerprint density at radius 2 is 2.00 bits per heavy atom. The zero-order valence-electron chi connectivity index (χ0n) is 9.62. The number of aliphatic hydroxyl groups is 1. The highest BCUT2D eigenvalue weighted by atomic mass is 16.5. The van der Waals surface area contributed by atoms with Crippen molar-refractivity contribution in [3.63, 3.8) is 0 Å². The Hall–Kier alpha value is -0.120. The van der Waals surface area contributed by atoms with E-state index in [2.05, 4.69) is 18.7 Å². The molecule has 3 nitrogen and oxygen atoms in total. The second kappa shape index (κ2) is 5.10. The van der Waals surface area contributed by atoms with Crippen LogP contribution in [0.25, 0.3) is 0 Å². The molecule has 14 heavy (non-hydrogen) atoms. The van der Waals surface area contributed by atoms with Gasteiger partial charge in [-0.25, -0.2) is 0 Å². The predicted octanol–water partition coefficient (Wildman–Crippen LogP) is 1.26. The summed E-state index contributed by atoms with van der Waals surface area (Å²) in [6, 6.07) is 0.731. The van der Waals surface area contributed by atoms with Gasteiger partial charge in [-0.1, -0.05) is 0 Å². The van der Waals surface area contributed by atoms with Gasteiger partial charge in [0.25, 0.3) is 0 Å². The van der Waals surface area contributed by atoms with Crippen molar-refractivity contribution < 1.29 is 9.84 Å². The second-order valence-electron chi connectivity index (χ2n) is 4.70. The molecule has 0 radical (unpaired) electrons.